The number of allylic oxidation sites excluding steroid dienone is 4. The number of hydrogen-bond donors (Lipinski definition) is 0. The van der Waals surface area contributed by atoms with Gasteiger partial charge in [0.1, 0.15) is 0 Å². The maximum Gasteiger partial charge on any atom is 0.265 e. The minimum Gasteiger partial charge on any atom is -0.205 e. The molecule has 12 heavy (non-hydrogen) atoms. The summed E-state index contributed by atoms with van der Waals surface area (Å²) in [5.41, 5.74) is -0.426. The van der Waals surface area contributed by atoms with Gasteiger partial charge in [0.15, 0.2) is 0 Å². The summed E-state index contributed by atoms with van der Waals surface area (Å²) in [6.07, 6.45) is -4.15. The quantitative estimate of drug-likeness (QED) is 0.463. The van der Waals surface area contributed by atoms with Crippen molar-refractivity contribution in [3.8, 4) is 0 Å². The second kappa shape index (κ2) is 4.95. The van der Waals surface area contributed by atoms with Crippen LogP contribution in [-0.2, 0) is 0 Å². The summed E-state index contributed by atoms with van der Waals surface area (Å²) in [6, 6.07) is 0. The zero-order valence-electron chi connectivity index (χ0n) is 6.82. The maximum absolute atomic E-state index is 11.8. The van der Waals surface area contributed by atoms with Crippen LogP contribution in [0.1, 0.15) is 13.8 Å². The molecular weight excluding hydrogens is 172 g/mol. The summed E-state index contributed by atoms with van der Waals surface area (Å²) in [4.78, 5) is 0. The molecule has 0 nitrogen and oxygen atoms in total. The second-order valence-electron chi connectivity index (χ2n) is 2.51. The minimum atomic E-state index is -3.08. The topological polar surface area (TPSA) is 0 Å². The first-order chi connectivity index (χ1) is 5.45. The molecule has 0 N–H and O–H groups in total. The van der Waals surface area contributed by atoms with Crippen molar-refractivity contribution in [1.29, 1.82) is 0 Å². The van der Waals surface area contributed by atoms with E-state index in [-0.39, 0.29) is 0 Å². The third-order valence-electron chi connectivity index (χ3n) is 1.11. The van der Waals surface area contributed by atoms with E-state index in [1.165, 1.54) is 6.08 Å². The first kappa shape index (κ1) is 11.2. The lowest BCUT2D eigenvalue weighted by atomic mass is 10.2. The van der Waals surface area contributed by atoms with Gasteiger partial charge in [-0.3, -0.25) is 0 Å². The average Bonchev–Trinajstić information content (AvgIpc) is 1.84. The summed E-state index contributed by atoms with van der Waals surface area (Å²) in [7, 11) is 0. The van der Waals surface area contributed by atoms with E-state index in [9.17, 15) is 17.6 Å². The summed E-state index contributed by atoms with van der Waals surface area (Å²) < 4.78 is 47.3. The van der Waals surface area contributed by atoms with Crippen molar-refractivity contribution >= 4 is 0 Å². The molecule has 0 aromatic carbocycles. The molecule has 0 aromatic heterocycles. The second-order valence-corrected chi connectivity index (χ2v) is 2.51. The Bertz CT molecular complexity index is 177. The Morgan fingerprint density at radius 2 is 1.33 bits per heavy atom. The van der Waals surface area contributed by atoms with Crippen molar-refractivity contribution in [2.24, 2.45) is 0 Å². The van der Waals surface area contributed by atoms with Gasteiger partial charge in [0.25, 0.3) is 12.9 Å². The molecule has 0 aliphatic carbocycles. The van der Waals surface area contributed by atoms with Crippen LogP contribution in [0.25, 0.3) is 0 Å². The number of halogens is 4. The van der Waals surface area contributed by atoms with Crippen molar-refractivity contribution in [2.45, 2.75) is 26.7 Å². The van der Waals surface area contributed by atoms with E-state index in [2.05, 4.69) is 0 Å². The Labute approximate surface area is 68.6 Å². The normalized spacial score (nSPS) is 10.3. The molecule has 0 radical (unpaired) electrons. The van der Waals surface area contributed by atoms with Gasteiger partial charge in [0, 0.05) is 0 Å². The van der Waals surface area contributed by atoms with Crippen LogP contribution in [0.5, 0.6) is 0 Å². The molecule has 0 atom stereocenters. The maximum atomic E-state index is 11.8. The van der Waals surface area contributed by atoms with Gasteiger partial charge >= 0.3 is 0 Å². The standard InChI is InChI=1S/C8H10F4/c1-5(2)3-4-6(7(9)10)8(11)12/h3-4,7-8H,1-2H3. The molecule has 0 heterocycles. The highest BCUT2D eigenvalue weighted by molar-refractivity contribution is 5.18. The van der Waals surface area contributed by atoms with Gasteiger partial charge in [0.2, 0.25) is 0 Å². The lowest BCUT2D eigenvalue weighted by molar-refractivity contribution is 0.112. The Kier molecular flexibility index (Phi) is 4.62. The number of hydrogen-bond acceptors (Lipinski definition) is 0. The van der Waals surface area contributed by atoms with E-state index in [1.807, 2.05) is 0 Å². The van der Waals surface area contributed by atoms with Crippen LogP contribution < -0.4 is 0 Å². The van der Waals surface area contributed by atoms with E-state index in [4.69, 9.17) is 0 Å². The van der Waals surface area contributed by atoms with Gasteiger partial charge in [-0.25, -0.2) is 17.6 Å². The van der Waals surface area contributed by atoms with Crippen molar-refractivity contribution in [3.63, 3.8) is 0 Å². The van der Waals surface area contributed by atoms with Crippen LogP contribution in [0.2, 0.25) is 0 Å². The Balaban J connectivity index is 4.51. The zero-order valence-corrected chi connectivity index (χ0v) is 6.82. The lowest BCUT2D eigenvalue weighted by Crippen LogP contribution is -2.06. The monoisotopic (exact) mass is 182 g/mol. The SMILES string of the molecule is CC(C)=CC=C(C(F)F)C(F)F. The van der Waals surface area contributed by atoms with Crippen LogP contribution in [-0.4, -0.2) is 12.9 Å². The van der Waals surface area contributed by atoms with Crippen molar-refractivity contribution in [1.82, 2.24) is 0 Å². The highest BCUT2D eigenvalue weighted by Crippen LogP contribution is 2.17. The molecule has 0 fully saturated rings. The minimum absolute atomic E-state index is 0.703. The molecule has 70 valence electrons. The van der Waals surface area contributed by atoms with Crippen LogP contribution in [0, 0.1) is 0 Å². The number of alkyl halides is 4. The lowest BCUT2D eigenvalue weighted by Gasteiger charge is -2.02. The predicted octanol–water partition coefficient (Wildman–Crippen LogP) is 3.41. The summed E-state index contributed by atoms with van der Waals surface area (Å²) in [5, 5.41) is 0. The zero-order chi connectivity index (χ0) is 9.72. The molecule has 0 saturated carbocycles. The van der Waals surface area contributed by atoms with Crippen molar-refractivity contribution in [3.05, 3.63) is 23.3 Å². The third kappa shape index (κ3) is 4.16. The third-order valence-corrected chi connectivity index (χ3v) is 1.11. The smallest absolute Gasteiger partial charge is 0.205 e. The van der Waals surface area contributed by atoms with Gasteiger partial charge in [-0.15, -0.1) is 0 Å². The van der Waals surface area contributed by atoms with Crippen LogP contribution in [0.15, 0.2) is 23.3 Å². The molecule has 0 unspecified atom stereocenters. The van der Waals surface area contributed by atoms with Gasteiger partial charge in [-0.05, 0) is 13.8 Å². The molecule has 4 heteroatoms. The van der Waals surface area contributed by atoms with Crippen LogP contribution >= 0.6 is 0 Å². The van der Waals surface area contributed by atoms with Crippen LogP contribution in [0.4, 0.5) is 17.6 Å². The first-order valence-electron chi connectivity index (χ1n) is 3.36. The molecular formula is C8H10F4. The molecule has 0 bridgehead atoms. The van der Waals surface area contributed by atoms with Crippen molar-refractivity contribution < 1.29 is 17.6 Å². The van der Waals surface area contributed by atoms with Gasteiger partial charge < -0.3 is 0 Å². The summed E-state index contributed by atoms with van der Waals surface area (Å²) >= 11 is 0. The highest BCUT2D eigenvalue weighted by Gasteiger charge is 2.19. The molecule has 0 aliphatic heterocycles. The fourth-order valence-electron chi connectivity index (χ4n) is 0.504. The fraction of sp³-hybridized carbons (Fsp3) is 0.500. The Hall–Kier alpha value is -0.800. The van der Waals surface area contributed by atoms with Crippen LogP contribution in [0.3, 0.4) is 0 Å². The summed E-state index contributed by atoms with van der Waals surface area (Å²) in [5.74, 6) is 0. The van der Waals surface area contributed by atoms with E-state index < -0.39 is 18.4 Å². The van der Waals surface area contributed by atoms with Gasteiger partial charge in [-0.1, -0.05) is 17.7 Å². The highest BCUT2D eigenvalue weighted by atomic mass is 19.3. The molecule has 0 spiro atoms. The molecule has 0 rings (SSSR count). The van der Waals surface area contributed by atoms with Gasteiger partial charge in [-0.2, -0.15) is 0 Å². The first-order valence-corrected chi connectivity index (χ1v) is 3.36. The van der Waals surface area contributed by atoms with E-state index >= 15 is 0 Å². The average molecular weight is 182 g/mol. The molecule has 0 aliphatic rings. The van der Waals surface area contributed by atoms with E-state index in [0.717, 1.165) is 6.08 Å². The Morgan fingerprint density at radius 1 is 0.917 bits per heavy atom. The van der Waals surface area contributed by atoms with E-state index in [0.29, 0.717) is 5.57 Å². The largest absolute Gasteiger partial charge is 0.265 e. The molecule has 0 aromatic rings. The van der Waals surface area contributed by atoms with E-state index in [1.54, 1.807) is 13.8 Å². The van der Waals surface area contributed by atoms with Gasteiger partial charge in [0.05, 0.1) is 5.57 Å². The molecule has 0 amide bonds. The molecule has 0 saturated heterocycles. The number of rotatable bonds is 3. The fourth-order valence-corrected chi connectivity index (χ4v) is 0.504. The van der Waals surface area contributed by atoms with Crippen molar-refractivity contribution in [2.75, 3.05) is 0 Å². The summed E-state index contributed by atoms with van der Waals surface area (Å²) in [6.45, 7) is 3.29. The Morgan fingerprint density at radius 3 is 1.58 bits per heavy atom. The predicted molar refractivity (Wildman–Crippen MR) is 39.5 cm³/mol.